The Bertz CT molecular complexity index is 1000. The van der Waals surface area contributed by atoms with Crippen LogP contribution in [0.5, 0.6) is 0 Å². The van der Waals surface area contributed by atoms with Crippen molar-refractivity contribution >= 4 is 5.91 Å². The molecule has 3 fully saturated rings. The molecule has 0 radical (unpaired) electrons. The van der Waals surface area contributed by atoms with Gasteiger partial charge in [0.1, 0.15) is 17.6 Å². The molecule has 0 bridgehead atoms. The zero-order valence-electron chi connectivity index (χ0n) is 19.2. The number of aliphatic hydroxyl groups excluding tert-OH is 1. The quantitative estimate of drug-likeness (QED) is 0.638. The van der Waals surface area contributed by atoms with E-state index < -0.39 is 11.8 Å². The molecule has 6 heteroatoms. The van der Waals surface area contributed by atoms with Gasteiger partial charge in [-0.3, -0.25) is 9.69 Å². The monoisotopic (exact) mass is 452 g/mol. The van der Waals surface area contributed by atoms with Crippen molar-refractivity contribution in [2.24, 2.45) is 5.92 Å². The van der Waals surface area contributed by atoms with E-state index in [4.69, 9.17) is 4.74 Å². The molecule has 2 aromatic carbocycles. The van der Waals surface area contributed by atoms with Crippen LogP contribution in [0.15, 0.2) is 48.5 Å². The van der Waals surface area contributed by atoms with Crippen molar-refractivity contribution < 1.29 is 19.0 Å². The number of nitrogens with zero attached hydrogens (tertiary/aromatic N) is 1. The number of rotatable bonds is 8. The molecule has 1 saturated heterocycles. The molecule has 3 atom stereocenters. The van der Waals surface area contributed by atoms with Gasteiger partial charge in [0, 0.05) is 25.7 Å². The zero-order valence-corrected chi connectivity index (χ0v) is 19.2. The number of hydrogen-bond acceptors (Lipinski definition) is 4. The van der Waals surface area contributed by atoms with Crippen LogP contribution < -0.4 is 5.32 Å². The standard InChI is InChI=1S/C27H33FN2O3/c1-33-27(12-13-27)26(32)29-23-11-14-30(25(31)19-6-3-7-19)24(23)16-18-5-2-8-20(15-18)21-9-4-10-22(28)17-21/h2,4-5,8-10,15,17,19,23-25,31H,3,6-7,11-14,16H2,1H3,(H,29,32). The van der Waals surface area contributed by atoms with Gasteiger partial charge in [-0.25, -0.2) is 4.39 Å². The van der Waals surface area contributed by atoms with Crippen molar-refractivity contribution in [2.45, 2.75) is 68.9 Å². The first-order chi connectivity index (χ1) is 16.0. The number of benzene rings is 2. The van der Waals surface area contributed by atoms with E-state index in [2.05, 4.69) is 22.3 Å². The lowest BCUT2D eigenvalue weighted by Crippen LogP contribution is -2.53. The molecule has 2 aliphatic carbocycles. The minimum atomic E-state index is -0.665. The highest BCUT2D eigenvalue weighted by Gasteiger charge is 2.52. The third-order valence-electron chi connectivity index (χ3n) is 7.85. The Kier molecular flexibility index (Phi) is 6.25. The Morgan fingerprint density at radius 1 is 1.18 bits per heavy atom. The van der Waals surface area contributed by atoms with Crippen LogP contribution >= 0.6 is 0 Å². The third kappa shape index (κ3) is 4.57. The number of carbonyl (C=O) groups excluding carboxylic acids is 1. The second kappa shape index (κ2) is 9.16. The first-order valence-corrected chi connectivity index (χ1v) is 12.1. The summed E-state index contributed by atoms with van der Waals surface area (Å²) in [6.07, 6.45) is 5.85. The van der Waals surface area contributed by atoms with Gasteiger partial charge in [0.25, 0.3) is 5.91 Å². The van der Waals surface area contributed by atoms with Gasteiger partial charge < -0.3 is 15.2 Å². The van der Waals surface area contributed by atoms with Crippen LogP contribution in [0, 0.1) is 11.7 Å². The van der Waals surface area contributed by atoms with Crippen LogP contribution in [-0.2, 0) is 16.0 Å². The van der Waals surface area contributed by atoms with Crippen molar-refractivity contribution in [3.05, 3.63) is 59.9 Å². The number of hydrogen-bond donors (Lipinski definition) is 2. The summed E-state index contributed by atoms with van der Waals surface area (Å²) in [6, 6.07) is 14.7. The fourth-order valence-electron chi connectivity index (χ4n) is 5.37. The molecule has 1 amide bonds. The number of likely N-dealkylation sites (tertiary alicyclic amines) is 1. The maximum absolute atomic E-state index is 13.8. The van der Waals surface area contributed by atoms with Gasteiger partial charge in [0.2, 0.25) is 0 Å². The van der Waals surface area contributed by atoms with E-state index in [0.717, 1.165) is 55.3 Å². The van der Waals surface area contributed by atoms with Crippen LogP contribution in [0.3, 0.4) is 0 Å². The normalized spacial score (nSPS) is 25.4. The minimum Gasteiger partial charge on any atom is -0.378 e. The number of ether oxygens (including phenoxy) is 1. The predicted molar refractivity (Wildman–Crippen MR) is 125 cm³/mol. The van der Waals surface area contributed by atoms with Crippen molar-refractivity contribution in [2.75, 3.05) is 13.7 Å². The third-order valence-corrected chi connectivity index (χ3v) is 7.85. The summed E-state index contributed by atoms with van der Waals surface area (Å²) in [4.78, 5) is 15.1. The van der Waals surface area contributed by atoms with E-state index in [0.29, 0.717) is 12.3 Å². The summed E-state index contributed by atoms with van der Waals surface area (Å²) in [6.45, 7) is 0.761. The molecular weight excluding hydrogens is 419 g/mol. The van der Waals surface area contributed by atoms with E-state index in [-0.39, 0.29) is 23.8 Å². The van der Waals surface area contributed by atoms with Gasteiger partial charge >= 0.3 is 0 Å². The van der Waals surface area contributed by atoms with Crippen LogP contribution in [0.25, 0.3) is 11.1 Å². The van der Waals surface area contributed by atoms with Crippen LogP contribution in [0.2, 0.25) is 0 Å². The molecule has 2 aromatic rings. The number of nitrogens with one attached hydrogen (secondary N) is 1. The summed E-state index contributed by atoms with van der Waals surface area (Å²) in [5.41, 5.74) is 2.26. The van der Waals surface area contributed by atoms with Crippen molar-refractivity contribution in [3.63, 3.8) is 0 Å². The van der Waals surface area contributed by atoms with Gasteiger partial charge in [-0.2, -0.15) is 0 Å². The van der Waals surface area contributed by atoms with E-state index in [9.17, 15) is 14.3 Å². The summed E-state index contributed by atoms with van der Waals surface area (Å²) in [7, 11) is 1.60. The smallest absolute Gasteiger partial charge is 0.252 e. The van der Waals surface area contributed by atoms with E-state index >= 15 is 0 Å². The maximum Gasteiger partial charge on any atom is 0.252 e. The number of methoxy groups -OCH3 is 1. The van der Waals surface area contributed by atoms with Crippen LogP contribution in [0.4, 0.5) is 4.39 Å². The predicted octanol–water partition coefficient (Wildman–Crippen LogP) is 3.89. The SMILES string of the molecule is COC1(C(=O)NC2CCN(C(O)C3CCC3)C2Cc2cccc(-c3cccc(F)c3)c2)CC1. The van der Waals surface area contributed by atoms with Crippen LogP contribution in [0.1, 0.15) is 44.1 Å². The maximum atomic E-state index is 13.8. The molecule has 33 heavy (non-hydrogen) atoms. The van der Waals surface area contributed by atoms with Crippen LogP contribution in [-0.4, -0.2) is 53.5 Å². The van der Waals surface area contributed by atoms with Gasteiger partial charge in [0.05, 0.1) is 0 Å². The second-order valence-electron chi connectivity index (χ2n) is 9.89. The first kappa shape index (κ1) is 22.5. The highest BCUT2D eigenvalue weighted by Crippen LogP contribution is 2.40. The second-order valence-corrected chi connectivity index (χ2v) is 9.89. The summed E-state index contributed by atoms with van der Waals surface area (Å²) in [5, 5.41) is 14.3. The molecule has 1 heterocycles. The highest BCUT2D eigenvalue weighted by molar-refractivity contribution is 5.88. The van der Waals surface area contributed by atoms with E-state index in [1.807, 2.05) is 18.2 Å². The molecule has 176 valence electrons. The average Bonchev–Trinajstić information content (AvgIpc) is 3.50. The summed E-state index contributed by atoms with van der Waals surface area (Å²) >= 11 is 0. The molecule has 0 spiro atoms. The lowest BCUT2D eigenvalue weighted by atomic mass is 9.83. The zero-order chi connectivity index (χ0) is 23.0. The Morgan fingerprint density at radius 3 is 2.55 bits per heavy atom. The lowest BCUT2D eigenvalue weighted by molar-refractivity contribution is -0.134. The van der Waals surface area contributed by atoms with E-state index in [1.165, 1.54) is 12.5 Å². The number of amides is 1. The molecule has 3 unspecified atom stereocenters. The molecule has 2 N–H and O–H groups in total. The highest BCUT2D eigenvalue weighted by atomic mass is 19.1. The molecule has 3 aliphatic rings. The Labute approximate surface area is 194 Å². The number of halogens is 1. The molecule has 2 saturated carbocycles. The largest absolute Gasteiger partial charge is 0.378 e. The van der Waals surface area contributed by atoms with Gasteiger partial charge in [-0.15, -0.1) is 0 Å². The summed E-state index contributed by atoms with van der Waals surface area (Å²) in [5.74, 6) is 0.0289. The molecule has 5 nitrogen and oxygen atoms in total. The van der Waals surface area contributed by atoms with Crippen molar-refractivity contribution in [3.8, 4) is 11.1 Å². The topological polar surface area (TPSA) is 61.8 Å². The van der Waals surface area contributed by atoms with Crippen molar-refractivity contribution in [1.82, 2.24) is 10.2 Å². The Hall–Kier alpha value is -2.28. The van der Waals surface area contributed by atoms with Gasteiger partial charge in [-0.1, -0.05) is 42.8 Å². The first-order valence-electron chi connectivity index (χ1n) is 12.1. The van der Waals surface area contributed by atoms with Crippen molar-refractivity contribution in [1.29, 1.82) is 0 Å². The Balaban J connectivity index is 1.37. The fourth-order valence-corrected chi connectivity index (χ4v) is 5.37. The molecule has 1 aliphatic heterocycles. The fraction of sp³-hybridized carbons (Fsp3) is 0.519. The van der Waals surface area contributed by atoms with Gasteiger partial charge in [0.15, 0.2) is 0 Å². The number of aliphatic hydroxyl groups is 1. The van der Waals surface area contributed by atoms with Gasteiger partial charge in [-0.05, 0) is 73.3 Å². The molecular formula is C27H33FN2O3. The Morgan fingerprint density at radius 2 is 1.91 bits per heavy atom. The molecule has 0 aromatic heterocycles. The van der Waals surface area contributed by atoms with E-state index in [1.54, 1.807) is 19.2 Å². The lowest BCUT2D eigenvalue weighted by Gasteiger charge is -2.40. The summed E-state index contributed by atoms with van der Waals surface area (Å²) < 4.78 is 19.2. The molecule has 5 rings (SSSR count). The number of carbonyl (C=O) groups is 1. The minimum absolute atomic E-state index is 0.0000319. The average molecular weight is 453 g/mol.